The number of H-pyrrole nitrogens is 1. The van der Waals surface area contributed by atoms with Crippen molar-refractivity contribution in [1.29, 1.82) is 0 Å². The minimum Gasteiger partial charge on any atom is -0.488 e. The van der Waals surface area contributed by atoms with Crippen LogP contribution >= 0.6 is 23.2 Å². The molecule has 0 bridgehead atoms. The SMILES string of the molecule is Cc1cc(=O)[nH]c(N/N=C/c2ccccc2OCc2ccc(Cl)cc2Cl)n1. The van der Waals surface area contributed by atoms with Crippen molar-refractivity contribution in [2.24, 2.45) is 5.10 Å². The number of para-hydroxylation sites is 1. The lowest BCUT2D eigenvalue weighted by atomic mass is 10.2. The van der Waals surface area contributed by atoms with Crippen LogP contribution in [0.25, 0.3) is 0 Å². The quantitative estimate of drug-likeness (QED) is 0.472. The summed E-state index contributed by atoms with van der Waals surface area (Å²) in [5, 5.41) is 5.23. The second-order valence-corrected chi connectivity index (χ2v) is 6.51. The lowest BCUT2D eigenvalue weighted by molar-refractivity contribution is 0.306. The van der Waals surface area contributed by atoms with Crippen molar-refractivity contribution in [2.75, 3.05) is 5.43 Å². The second kappa shape index (κ2) is 8.70. The summed E-state index contributed by atoms with van der Waals surface area (Å²) in [4.78, 5) is 18.1. The molecule has 0 radical (unpaired) electrons. The van der Waals surface area contributed by atoms with Crippen molar-refractivity contribution in [3.63, 3.8) is 0 Å². The molecule has 2 N–H and O–H groups in total. The Labute approximate surface area is 165 Å². The maximum atomic E-state index is 11.4. The summed E-state index contributed by atoms with van der Waals surface area (Å²) < 4.78 is 5.86. The molecule has 0 spiro atoms. The van der Waals surface area contributed by atoms with Crippen LogP contribution in [0.15, 0.2) is 58.4 Å². The van der Waals surface area contributed by atoms with Gasteiger partial charge in [-0.1, -0.05) is 41.4 Å². The van der Waals surface area contributed by atoms with Gasteiger partial charge in [0, 0.05) is 32.9 Å². The van der Waals surface area contributed by atoms with E-state index in [1.54, 1.807) is 25.3 Å². The Morgan fingerprint density at radius 1 is 1.22 bits per heavy atom. The molecule has 0 aliphatic rings. The number of anilines is 1. The number of nitrogens with one attached hydrogen (secondary N) is 2. The van der Waals surface area contributed by atoms with E-state index in [0.29, 0.717) is 28.1 Å². The van der Waals surface area contributed by atoms with Gasteiger partial charge in [0.2, 0.25) is 5.95 Å². The maximum absolute atomic E-state index is 11.4. The van der Waals surface area contributed by atoms with Gasteiger partial charge in [-0.15, -0.1) is 0 Å². The third-order valence-corrected chi connectivity index (χ3v) is 4.15. The highest BCUT2D eigenvalue weighted by Crippen LogP contribution is 2.23. The number of aryl methyl sites for hydroxylation is 1. The molecule has 0 fully saturated rings. The Hall–Kier alpha value is -2.83. The summed E-state index contributed by atoms with van der Waals surface area (Å²) >= 11 is 12.1. The number of aromatic amines is 1. The van der Waals surface area contributed by atoms with Crippen LogP contribution < -0.4 is 15.7 Å². The Balaban J connectivity index is 1.70. The number of halogens is 2. The fourth-order valence-corrected chi connectivity index (χ4v) is 2.77. The molecule has 0 aliphatic carbocycles. The van der Waals surface area contributed by atoms with Gasteiger partial charge < -0.3 is 4.74 Å². The van der Waals surface area contributed by atoms with E-state index in [1.807, 2.05) is 30.3 Å². The van der Waals surface area contributed by atoms with Crippen LogP contribution in [0.3, 0.4) is 0 Å². The minimum atomic E-state index is -0.247. The number of hydrogen-bond donors (Lipinski definition) is 2. The molecular weight excluding hydrogens is 387 g/mol. The highest BCUT2D eigenvalue weighted by atomic mass is 35.5. The highest BCUT2D eigenvalue weighted by molar-refractivity contribution is 6.35. The first-order valence-electron chi connectivity index (χ1n) is 8.04. The van der Waals surface area contributed by atoms with Crippen LogP contribution in [-0.4, -0.2) is 16.2 Å². The van der Waals surface area contributed by atoms with E-state index in [9.17, 15) is 4.79 Å². The van der Waals surface area contributed by atoms with Crippen LogP contribution in [-0.2, 0) is 6.61 Å². The van der Waals surface area contributed by atoms with Gasteiger partial charge in [-0.3, -0.25) is 9.78 Å². The van der Waals surface area contributed by atoms with Gasteiger partial charge >= 0.3 is 0 Å². The first-order chi connectivity index (χ1) is 13.0. The van der Waals surface area contributed by atoms with Crippen molar-refractivity contribution in [3.8, 4) is 5.75 Å². The molecule has 1 heterocycles. The van der Waals surface area contributed by atoms with Crippen molar-refractivity contribution < 1.29 is 4.74 Å². The van der Waals surface area contributed by atoms with E-state index in [2.05, 4.69) is 20.5 Å². The molecule has 0 atom stereocenters. The first kappa shape index (κ1) is 18.9. The lowest BCUT2D eigenvalue weighted by Crippen LogP contribution is -2.10. The molecule has 0 amide bonds. The van der Waals surface area contributed by atoms with E-state index in [0.717, 1.165) is 11.1 Å². The molecule has 1 aromatic heterocycles. The molecule has 2 aromatic carbocycles. The molecule has 27 heavy (non-hydrogen) atoms. The van der Waals surface area contributed by atoms with Gasteiger partial charge in [0.25, 0.3) is 5.56 Å². The smallest absolute Gasteiger partial charge is 0.252 e. The number of hydrazone groups is 1. The van der Waals surface area contributed by atoms with Crippen LogP contribution in [0.5, 0.6) is 5.75 Å². The van der Waals surface area contributed by atoms with Gasteiger partial charge in [0.05, 0.1) is 6.21 Å². The van der Waals surface area contributed by atoms with Gasteiger partial charge in [-0.25, -0.2) is 10.4 Å². The largest absolute Gasteiger partial charge is 0.488 e. The van der Waals surface area contributed by atoms with E-state index in [1.165, 1.54) is 6.07 Å². The molecule has 3 rings (SSSR count). The molecule has 8 heteroatoms. The van der Waals surface area contributed by atoms with Gasteiger partial charge in [0.1, 0.15) is 12.4 Å². The average molecular weight is 403 g/mol. The number of rotatable bonds is 6. The van der Waals surface area contributed by atoms with E-state index in [4.69, 9.17) is 27.9 Å². The van der Waals surface area contributed by atoms with E-state index >= 15 is 0 Å². The summed E-state index contributed by atoms with van der Waals surface area (Å²) in [7, 11) is 0. The zero-order valence-corrected chi connectivity index (χ0v) is 15.9. The Bertz CT molecular complexity index is 1030. The molecule has 0 aliphatic heterocycles. The summed E-state index contributed by atoms with van der Waals surface area (Å²) in [6.07, 6.45) is 1.58. The van der Waals surface area contributed by atoms with E-state index in [-0.39, 0.29) is 11.5 Å². The molecule has 0 saturated heterocycles. The third-order valence-electron chi connectivity index (χ3n) is 3.56. The van der Waals surface area contributed by atoms with Crippen LogP contribution in [0, 0.1) is 6.92 Å². The van der Waals surface area contributed by atoms with Gasteiger partial charge in [0.15, 0.2) is 0 Å². The number of ether oxygens (including phenoxy) is 1. The Kier molecular flexibility index (Phi) is 6.11. The molecular formula is C19H16Cl2N4O2. The molecule has 6 nitrogen and oxygen atoms in total. The number of nitrogens with zero attached hydrogens (tertiary/aromatic N) is 2. The molecule has 138 valence electrons. The van der Waals surface area contributed by atoms with Crippen molar-refractivity contribution in [2.45, 2.75) is 13.5 Å². The zero-order valence-electron chi connectivity index (χ0n) is 14.4. The fourth-order valence-electron chi connectivity index (χ4n) is 2.31. The predicted molar refractivity (Wildman–Crippen MR) is 108 cm³/mol. The predicted octanol–water partition coefficient (Wildman–Crippen LogP) is 4.41. The van der Waals surface area contributed by atoms with Crippen LogP contribution in [0.2, 0.25) is 10.0 Å². The minimum absolute atomic E-state index is 0.247. The first-order valence-corrected chi connectivity index (χ1v) is 8.79. The Morgan fingerprint density at radius 2 is 2.04 bits per heavy atom. The topological polar surface area (TPSA) is 79.4 Å². The van der Waals surface area contributed by atoms with E-state index < -0.39 is 0 Å². The summed E-state index contributed by atoms with van der Waals surface area (Å²) in [6.45, 7) is 2.02. The zero-order chi connectivity index (χ0) is 19.2. The van der Waals surface area contributed by atoms with Crippen molar-refractivity contribution in [3.05, 3.63) is 85.8 Å². The molecule has 3 aromatic rings. The summed E-state index contributed by atoms with van der Waals surface area (Å²) in [5.74, 6) is 0.905. The second-order valence-electron chi connectivity index (χ2n) is 5.67. The molecule has 0 unspecified atom stereocenters. The van der Waals surface area contributed by atoms with Crippen LogP contribution in [0.4, 0.5) is 5.95 Å². The average Bonchev–Trinajstić information content (AvgIpc) is 2.61. The Morgan fingerprint density at radius 3 is 2.81 bits per heavy atom. The number of aromatic nitrogens is 2. The normalized spacial score (nSPS) is 10.9. The number of benzene rings is 2. The maximum Gasteiger partial charge on any atom is 0.252 e. The lowest BCUT2D eigenvalue weighted by Gasteiger charge is -2.10. The molecule has 0 saturated carbocycles. The highest BCUT2D eigenvalue weighted by Gasteiger charge is 2.05. The van der Waals surface area contributed by atoms with Crippen molar-refractivity contribution >= 4 is 35.4 Å². The summed E-state index contributed by atoms with van der Waals surface area (Å²) in [5.41, 5.74) is 4.63. The van der Waals surface area contributed by atoms with Gasteiger partial charge in [-0.05, 0) is 31.2 Å². The van der Waals surface area contributed by atoms with Gasteiger partial charge in [-0.2, -0.15) is 5.10 Å². The number of hydrogen-bond acceptors (Lipinski definition) is 5. The monoisotopic (exact) mass is 402 g/mol. The third kappa shape index (κ3) is 5.32. The summed E-state index contributed by atoms with van der Waals surface area (Å²) in [6, 6.07) is 14.1. The fraction of sp³-hybridized carbons (Fsp3) is 0.105. The standard InChI is InChI=1S/C19H16Cl2N4O2/c1-12-8-18(26)24-19(23-12)25-22-10-13-4-2-3-5-17(13)27-11-14-6-7-15(20)9-16(14)21/h2-10H,11H2,1H3,(H2,23,24,25,26)/b22-10+. The van der Waals surface area contributed by atoms with Crippen molar-refractivity contribution in [1.82, 2.24) is 9.97 Å². The van der Waals surface area contributed by atoms with Crippen LogP contribution in [0.1, 0.15) is 16.8 Å².